The van der Waals surface area contributed by atoms with E-state index >= 15 is 0 Å². The molecule has 1 atom stereocenters. The highest BCUT2D eigenvalue weighted by Gasteiger charge is 2.35. The Labute approximate surface area is 140 Å². The van der Waals surface area contributed by atoms with Crippen LogP contribution in [0.3, 0.4) is 0 Å². The molecule has 23 heavy (non-hydrogen) atoms. The maximum atomic E-state index is 12.7. The first kappa shape index (κ1) is 15.7. The molecule has 1 aliphatic heterocycles. The fourth-order valence-corrected chi connectivity index (χ4v) is 3.59. The van der Waals surface area contributed by atoms with Gasteiger partial charge >= 0.3 is 0 Å². The fourth-order valence-electron chi connectivity index (χ4n) is 2.91. The Balaban J connectivity index is 1.76. The van der Waals surface area contributed by atoms with E-state index in [2.05, 4.69) is 5.32 Å². The number of nitrogens with zero attached hydrogens (tertiary/aromatic N) is 1. The molecule has 1 N–H and O–H groups in total. The number of likely N-dealkylation sites (tertiary alicyclic amines) is 1. The van der Waals surface area contributed by atoms with E-state index in [4.69, 9.17) is 0 Å². The van der Waals surface area contributed by atoms with Crippen LogP contribution in [-0.4, -0.2) is 29.3 Å². The lowest BCUT2D eigenvalue weighted by Gasteiger charge is -2.24. The third kappa shape index (κ3) is 3.29. The molecule has 0 radical (unpaired) electrons. The van der Waals surface area contributed by atoms with Gasteiger partial charge in [0.25, 0.3) is 5.91 Å². The molecule has 3 rings (SSSR count). The monoisotopic (exact) mass is 328 g/mol. The molecule has 2 aromatic rings. The van der Waals surface area contributed by atoms with Gasteiger partial charge in [-0.3, -0.25) is 9.59 Å². The van der Waals surface area contributed by atoms with Crippen molar-refractivity contribution in [1.29, 1.82) is 0 Å². The predicted molar refractivity (Wildman–Crippen MR) is 92.9 cm³/mol. The third-order valence-corrected chi connectivity index (χ3v) is 5.06. The second-order valence-corrected chi connectivity index (χ2v) is 6.89. The van der Waals surface area contributed by atoms with Crippen LogP contribution in [0.2, 0.25) is 0 Å². The van der Waals surface area contributed by atoms with Crippen molar-refractivity contribution in [3.05, 3.63) is 51.7 Å². The summed E-state index contributed by atoms with van der Waals surface area (Å²) in [5.41, 5.74) is 2.95. The van der Waals surface area contributed by atoms with Gasteiger partial charge in [-0.15, -0.1) is 11.3 Å². The van der Waals surface area contributed by atoms with Gasteiger partial charge in [0.15, 0.2) is 0 Å². The quantitative estimate of drug-likeness (QED) is 0.936. The number of hydrogen-bond donors (Lipinski definition) is 1. The number of nitrogens with one attached hydrogen (secondary N) is 1. The van der Waals surface area contributed by atoms with Crippen molar-refractivity contribution >= 4 is 28.8 Å². The van der Waals surface area contributed by atoms with Gasteiger partial charge in [-0.2, -0.15) is 0 Å². The van der Waals surface area contributed by atoms with Crippen molar-refractivity contribution in [3.8, 4) is 0 Å². The molecule has 0 aliphatic carbocycles. The zero-order valence-corrected chi connectivity index (χ0v) is 14.2. The van der Waals surface area contributed by atoms with Gasteiger partial charge in [0.1, 0.15) is 6.04 Å². The Morgan fingerprint density at radius 3 is 2.83 bits per heavy atom. The number of rotatable bonds is 3. The van der Waals surface area contributed by atoms with Crippen LogP contribution < -0.4 is 5.32 Å². The summed E-state index contributed by atoms with van der Waals surface area (Å²) in [4.78, 5) is 27.6. The van der Waals surface area contributed by atoms with E-state index in [0.29, 0.717) is 17.8 Å². The van der Waals surface area contributed by atoms with E-state index in [1.165, 1.54) is 11.3 Å². The van der Waals surface area contributed by atoms with Gasteiger partial charge in [0.05, 0.1) is 4.88 Å². The number of benzene rings is 1. The normalized spacial score (nSPS) is 17.3. The number of carbonyl (C=O) groups is 2. The van der Waals surface area contributed by atoms with Crippen LogP contribution >= 0.6 is 11.3 Å². The lowest BCUT2D eigenvalue weighted by Crippen LogP contribution is -2.43. The Bertz CT molecular complexity index is 725. The summed E-state index contributed by atoms with van der Waals surface area (Å²) < 4.78 is 0. The summed E-state index contributed by atoms with van der Waals surface area (Å²) in [6.07, 6.45) is 1.58. The molecule has 2 amide bonds. The van der Waals surface area contributed by atoms with Gasteiger partial charge in [0.2, 0.25) is 5.91 Å². The molecule has 1 fully saturated rings. The molecule has 1 aromatic heterocycles. The Morgan fingerprint density at radius 2 is 2.09 bits per heavy atom. The topological polar surface area (TPSA) is 49.4 Å². The van der Waals surface area contributed by atoms with Crippen molar-refractivity contribution in [1.82, 2.24) is 4.90 Å². The molecule has 2 heterocycles. The van der Waals surface area contributed by atoms with E-state index in [-0.39, 0.29) is 17.9 Å². The molecule has 0 saturated carbocycles. The third-order valence-electron chi connectivity index (χ3n) is 4.20. The Hall–Kier alpha value is -2.14. The standard InChI is InChI=1S/C18H20N2O2S/c1-12-7-8-13(2)14(11-12)19-17(21)15-5-3-9-20(15)18(22)16-6-4-10-23-16/h4,6-8,10-11,15H,3,5,9H2,1-2H3,(H,19,21)/t15-/m1/s1. The van der Waals surface area contributed by atoms with Gasteiger partial charge in [0, 0.05) is 12.2 Å². The van der Waals surface area contributed by atoms with Gasteiger partial charge in [-0.1, -0.05) is 18.2 Å². The summed E-state index contributed by atoms with van der Waals surface area (Å²) in [5, 5.41) is 4.88. The minimum Gasteiger partial charge on any atom is -0.326 e. The average molecular weight is 328 g/mol. The highest BCUT2D eigenvalue weighted by Crippen LogP contribution is 2.24. The predicted octanol–water partition coefficient (Wildman–Crippen LogP) is 3.61. The number of thiophene rings is 1. The molecule has 0 unspecified atom stereocenters. The van der Waals surface area contributed by atoms with Gasteiger partial charge in [-0.05, 0) is 55.3 Å². The highest BCUT2D eigenvalue weighted by atomic mass is 32.1. The number of aryl methyl sites for hydroxylation is 2. The lowest BCUT2D eigenvalue weighted by atomic mass is 10.1. The largest absolute Gasteiger partial charge is 0.326 e. The number of anilines is 1. The summed E-state index contributed by atoms with van der Waals surface area (Å²) in [7, 11) is 0. The van der Waals surface area contributed by atoms with E-state index in [0.717, 1.165) is 23.2 Å². The zero-order chi connectivity index (χ0) is 16.4. The molecule has 1 aliphatic rings. The highest BCUT2D eigenvalue weighted by molar-refractivity contribution is 7.12. The fraction of sp³-hybridized carbons (Fsp3) is 0.333. The number of hydrogen-bond acceptors (Lipinski definition) is 3. The van der Waals surface area contributed by atoms with Crippen molar-refractivity contribution in [3.63, 3.8) is 0 Å². The molecular weight excluding hydrogens is 308 g/mol. The summed E-state index contributed by atoms with van der Waals surface area (Å²) >= 11 is 1.42. The molecule has 120 valence electrons. The van der Waals surface area contributed by atoms with E-state index in [1.54, 1.807) is 4.90 Å². The molecule has 1 saturated heterocycles. The molecule has 0 bridgehead atoms. The second-order valence-electron chi connectivity index (χ2n) is 5.94. The second kappa shape index (κ2) is 6.54. The van der Waals surface area contributed by atoms with Crippen LogP contribution in [0, 0.1) is 13.8 Å². The van der Waals surface area contributed by atoms with Crippen LogP contribution in [0.5, 0.6) is 0 Å². The van der Waals surface area contributed by atoms with Crippen LogP contribution in [0.4, 0.5) is 5.69 Å². The summed E-state index contributed by atoms with van der Waals surface area (Å²) in [5.74, 6) is -0.139. The first-order valence-corrected chi connectivity index (χ1v) is 8.67. The minimum absolute atomic E-state index is 0.0429. The first-order valence-electron chi connectivity index (χ1n) is 7.79. The van der Waals surface area contributed by atoms with Crippen LogP contribution in [0.25, 0.3) is 0 Å². The molecule has 0 spiro atoms. The van der Waals surface area contributed by atoms with Gasteiger partial charge in [-0.25, -0.2) is 0 Å². The van der Waals surface area contributed by atoms with E-state index < -0.39 is 0 Å². The van der Waals surface area contributed by atoms with Gasteiger partial charge < -0.3 is 10.2 Å². The molecular formula is C18H20N2O2S. The van der Waals surface area contributed by atoms with E-state index in [9.17, 15) is 9.59 Å². The van der Waals surface area contributed by atoms with Crippen LogP contribution in [0.1, 0.15) is 33.6 Å². The Morgan fingerprint density at radius 1 is 1.26 bits per heavy atom. The maximum absolute atomic E-state index is 12.7. The van der Waals surface area contributed by atoms with Crippen LogP contribution in [0.15, 0.2) is 35.7 Å². The molecule has 1 aromatic carbocycles. The Kier molecular flexibility index (Phi) is 4.48. The smallest absolute Gasteiger partial charge is 0.264 e. The SMILES string of the molecule is Cc1ccc(C)c(NC(=O)[C@H]2CCCN2C(=O)c2cccs2)c1. The number of amides is 2. The first-order chi connectivity index (χ1) is 11.1. The number of carbonyl (C=O) groups excluding carboxylic acids is 2. The summed E-state index contributed by atoms with van der Waals surface area (Å²) in [6.45, 7) is 4.61. The lowest BCUT2D eigenvalue weighted by molar-refractivity contribution is -0.119. The average Bonchev–Trinajstić information content (AvgIpc) is 3.20. The maximum Gasteiger partial charge on any atom is 0.264 e. The van der Waals surface area contributed by atoms with E-state index in [1.807, 2.05) is 49.6 Å². The minimum atomic E-state index is -0.385. The molecule has 4 nitrogen and oxygen atoms in total. The molecule has 5 heteroatoms. The van der Waals surface area contributed by atoms with Crippen LogP contribution in [-0.2, 0) is 4.79 Å². The van der Waals surface area contributed by atoms with Crippen molar-refractivity contribution in [2.24, 2.45) is 0 Å². The van der Waals surface area contributed by atoms with Crippen molar-refractivity contribution < 1.29 is 9.59 Å². The zero-order valence-electron chi connectivity index (χ0n) is 13.3. The van der Waals surface area contributed by atoms with Crippen molar-refractivity contribution in [2.75, 3.05) is 11.9 Å². The van der Waals surface area contributed by atoms with Crippen molar-refractivity contribution in [2.45, 2.75) is 32.7 Å². The summed E-state index contributed by atoms with van der Waals surface area (Å²) in [6, 6.07) is 9.27.